The lowest BCUT2D eigenvalue weighted by Gasteiger charge is -2.33. The zero-order valence-electron chi connectivity index (χ0n) is 18.5. The van der Waals surface area contributed by atoms with Crippen LogP contribution in [-0.4, -0.2) is 39.9 Å². The molecule has 2 aliphatic rings. The molecule has 0 aliphatic carbocycles. The van der Waals surface area contributed by atoms with Gasteiger partial charge < -0.3 is 9.64 Å². The SMILES string of the molecule is CSc1nc(N2CCCC2)c2sc3nc(CC(C)C)c4c(c3c2n1)CC(C)(C)OC4. The average molecular weight is 443 g/mol. The summed E-state index contributed by atoms with van der Waals surface area (Å²) in [5.41, 5.74) is 4.82. The van der Waals surface area contributed by atoms with Crippen molar-refractivity contribution in [3.05, 3.63) is 16.8 Å². The van der Waals surface area contributed by atoms with E-state index in [1.807, 2.05) is 0 Å². The third-order valence-electron chi connectivity index (χ3n) is 6.13. The summed E-state index contributed by atoms with van der Waals surface area (Å²) in [6.07, 6.45) is 6.42. The molecule has 3 aromatic heterocycles. The molecule has 0 aromatic carbocycles. The third-order valence-corrected chi connectivity index (χ3v) is 7.74. The van der Waals surface area contributed by atoms with Crippen LogP contribution >= 0.6 is 23.1 Å². The Morgan fingerprint density at radius 2 is 1.90 bits per heavy atom. The zero-order chi connectivity index (χ0) is 21.0. The van der Waals surface area contributed by atoms with Gasteiger partial charge in [0.1, 0.15) is 4.83 Å². The van der Waals surface area contributed by atoms with E-state index >= 15 is 0 Å². The number of thiophene rings is 1. The first kappa shape index (κ1) is 20.5. The average Bonchev–Trinajstić information content (AvgIpc) is 3.33. The van der Waals surface area contributed by atoms with Gasteiger partial charge in [0, 0.05) is 36.2 Å². The van der Waals surface area contributed by atoms with Gasteiger partial charge in [0.2, 0.25) is 0 Å². The van der Waals surface area contributed by atoms with Gasteiger partial charge in [-0.25, -0.2) is 15.0 Å². The molecular formula is C23H30N4OS2. The van der Waals surface area contributed by atoms with Crippen LogP contribution in [0.5, 0.6) is 0 Å². The molecule has 0 bridgehead atoms. The van der Waals surface area contributed by atoms with Crippen LogP contribution in [0.15, 0.2) is 5.16 Å². The van der Waals surface area contributed by atoms with Gasteiger partial charge in [0.15, 0.2) is 11.0 Å². The fraction of sp³-hybridized carbons (Fsp3) is 0.609. The zero-order valence-corrected chi connectivity index (χ0v) is 20.2. The number of thioether (sulfide) groups is 1. The largest absolute Gasteiger partial charge is 0.370 e. The Morgan fingerprint density at radius 1 is 1.13 bits per heavy atom. The monoisotopic (exact) mass is 442 g/mol. The van der Waals surface area contributed by atoms with Crippen molar-refractivity contribution in [2.24, 2.45) is 5.92 Å². The molecule has 160 valence electrons. The van der Waals surface area contributed by atoms with Crippen molar-refractivity contribution in [3.8, 4) is 0 Å². The molecule has 3 aromatic rings. The Morgan fingerprint density at radius 3 is 2.60 bits per heavy atom. The maximum atomic E-state index is 6.22. The molecule has 30 heavy (non-hydrogen) atoms. The molecular weight excluding hydrogens is 412 g/mol. The fourth-order valence-electron chi connectivity index (χ4n) is 4.70. The summed E-state index contributed by atoms with van der Waals surface area (Å²) in [5, 5.41) is 2.10. The molecule has 0 unspecified atom stereocenters. The van der Waals surface area contributed by atoms with Crippen molar-refractivity contribution in [2.45, 2.75) is 70.7 Å². The summed E-state index contributed by atoms with van der Waals surface area (Å²) in [6, 6.07) is 0. The lowest BCUT2D eigenvalue weighted by Crippen LogP contribution is -2.33. The Bertz CT molecular complexity index is 1120. The van der Waals surface area contributed by atoms with Crippen LogP contribution in [0.3, 0.4) is 0 Å². The van der Waals surface area contributed by atoms with Gasteiger partial charge in [-0.3, -0.25) is 0 Å². The summed E-state index contributed by atoms with van der Waals surface area (Å²) in [4.78, 5) is 18.7. The lowest BCUT2D eigenvalue weighted by molar-refractivity contribution is -0.0402. The second kappa shape index (κ2) is 7.61. The second-order valence-electron chi connectivity index (χ2n) is 9.53. The molecule has 1 saturated heterocycles. The molecule has 2 aliphatic heterocycles. The molecule has 0 spiro atoms. The van der Waals surface area contributed by atoms with E-state index in [9.17, 15) is 0 Å². The number of hydrogen-bond donors (Lipinski definition) is 0. The van der Waals surface area contributed by atoms with E-state index in [4.69, 9.17) is 19.7 Å². The summed E-state index contributed by atoms with van der Waals surface area (Å²) < 4.78 is 7.42. The van der Waals surface area contributed by atoms with Crippen molar-refractivity contribution >= 4 is 49.3 Å². The summed E-state index contributed by atoms with van der Waals surface area (Å²) in [5.74, 6) is 1.67. The maximum absolute atomic E-state index is 6.22. The third kappa shape index (κ3) is 3.49. The molecule has 7 heteroatoms. The number of ether oxygens (including phenoxy) is 1. The van der Waals surface area contributed by atoms with Gasteiger partial charge in [-0.05, 0) is 50.8 Å². The van der Waals surface area contributed by atoms with Crippen LogP contribution in [0.1, 0.15) is 57.4 Å². The maximum Gasteiger partial charge on any atom is 0.189 e. The van der Waals surface area contributed by atoms with Crippen molar-refractivity contribution in [3.63, 3.8) is 0 Å². The van der Waals surface area contributed by atoms with E-state index in [1.165, 1.54) is 39.7 Å². The van der Waals surface area contributed by atoms with Crippen LogP contribution < -0.4 is 4.90 Å². The number of fused-ring (bicyclic) bond motifs is 5. The van der Waals surface area contributed by atoms with Crippen LogP contribution in [0.4, 0.5) is 5.82 Å². The van der Waals surface area contributed by atoms with E-state index in [-0.39, 0.29) is 5.60 Å². The number of rotatable bonds is 4. The van der Waals surface area contributed by atoms with E-state index in [0.29, 0.717) is 12.5 Å². The van der Waals surface area contributed by atoms with Crippen molar-refractivity contribution in [1.82, 2.24) is 15.0 Å². The van der Waals surface area contributed by atoms with E-state index in [0.717, 1.165) is 47.3 Å². The molecule has 0 radical (unpaired) electrons. The highest BCUT2D eigenvalue weighted by molar-refractivity contribution is 7.98. The van der Waals surface area contributed by atoms with E-state index < -0.39 is 0 Å². The number of nitrogens with zero attached hydrogens (tertiary/aromatic N) is 4. The summed E-state index contributed by atoms with van der Waals surface area (Å²) >= 11 is 3.41. The molecule has 5 heterocycles. The number of aromatic nitrogens is 3. The summed E-state index contributed by atoms with van der Waals surface area (Å²) in [7, 11) is 0. The van der Waals surface area contributed by atoms with Crippen molar-refractivity contribution in [2.75, 3.05) is 24.2 Å². The topological polar surface area (TPSA) is 51.1 Å². The Hall–Kier alpha value is -1.44. The van der Waals surface area contributed by atoms with E-state index in [2.05, 4.69) is 38.9 Å². The van der Waals surface area contributed by atoms with Crippen LogP contribution in [0, 0.1) is 5.92 Å². The Labute approximate surface area is 186 Å². The first-order chi connectivity index (χ1) is 14.4. The number of pyridine rings is 1. The molecule has 0 N–H and O–H groups in total. The molecule has 5 nitrogen and oxygen atoms in total. The molecule has 5 rings (SSSR count). The highest BCUT2D eigenvalue weighted by atomic mass is 32.2. The first-order valence-electron chi connectivity index (χ1n) is 10.9. The smallest absolute Gasteiger partial charge is 0.189 e. The van der Waals surface area contributed by atoms with E-state index in [1.54, 1.807) is 23.1 Å². The van der Waals surface area contributed by atoms with Gasteiger partial charge in [-0.15, -0.1) is 11.3 Å². The highest BCUT2D eigenvalue weighted by Gasteiger charge is 2.32. The molecule has 0 amide bonds. The minimum atomic E-state index is -0.169. The predicted octanol–water partition coefficient (Wildman–Crippen LogP) is 5.61. The number of anilines is 1. The Kier molecular flexibility index (Phi) is 5.19. The normalized spacial score (nSPS) is 18.7. The number of hydrogen-bond acceptors (Lipinski definition) is 7. The molecule has 0 atom stereocenters. The first-order valence-corrected chi connectivity index (χ1v) is 13.0. The minimum Gasteiger partial charge on any atom is -0.370 e. The van der Waals surface area contributed by atoms with Gasteiger partial charge in [-0.1, -0.05) is 25.6 Å². The van der Waals surface area contributed by atoms with Gasteiger partial charge in [0.25, 0.3) is 0 Å². The minimum absolute atomic E-state index is 0.169. The van der Waals surface area contributed by atoms with Crippen LogP contribution in [0.25, 0.3) is 20.4 Å². The van der Waals surface area contributed by atoms with Crippen LogP contribution in [0.2, 0.25) is 0 Å². The van der Waals surface area contributed by atoms with Gasteiger partial charge in [-0.2, -0.15) is 0 Å². The predicted molar refractivity (Wildman–Crippen MR) is 127 cm³/mol. The Balaban J connectivity index is 1.82. The van der Waals surface area contributed by atoms with Gasteiger partial charge >= 0.3 is 0 Å². The second-order valence-corrected chi connectivity index (χ2v) is 11.3. The van der Waals surface area contributed by atoms with Gasteiger partial charge in [0.05, 0.1) is 22.4 Å². The van der Waals surface area contributed by atoms with Crippen LogP contribution in [-0.2, 0) is 24.2 Å². The van der Waals surface area contributed by atoms with Crippen molar-refractivity contribution in [1.29, 1.82) is 0 Å². The quantitative estimate of drug-likeness (QED) is 0.387. The highest BCUT2D eigenvalue weighted by Crippen LogP contribution is 2.44. The lowest BCUT2D eigenvalue weighted by atomic mass is 9.88. The molecule has 1 fully saturated rings. The summed E-state index contributed by atoms with van der Waals surface area (Å²) in [6.45, 7) is 11.7. The standard InChI is InChI=1S/C23H30N4OS2/c1-13(2)10-16-15-12-28-23(3,4)11-14(15)17-18-19(30-21(17)24-16)20(26-22(25-18)29-5)27-8-6-7-9-27/h13H,6-12H2,1-5H3. The molecule has 0 saturated carbocycles. The van der Waals surface area contributed by atoms with Crippen molar-refractivity contribution < 1.29 is 4.74 Å². The fourth-order valence-corrected chi connectivity index (χ4v) is 6.24.